The van der Waals surface area contributed by atoms with Crippen LogP contribution in [0, 0.1) is 11.3 Å². The third-order valence-corrected chi connectivity index (χ3v) is 4.98. The first-order valence-electron chi connectivity index (χ1n) is 9.63. The van der Waals surface area contributed by atoms with Crippen LogP contribution in [0.1, 0.15) is 18.1 Å². The monoisotopic (exact) mass is 361 g/mol. The molecule has 0 saturated carbocycles. The van der Waals surface area contributed by atoms with E-state index in [0.717, 1.165) is 56.1 Å². The van der Waals surface area contributed by atoms with Crippen LogP contribution in [-0.2, 0) is 0 Å². The predicted octanol–water partition coefficient (Wildman–Crippen LogP) is 3.77. The number of hydrogen-bond acceptors (Lipinski definition) is 4. The Morgan fingerprint density at radius 3 is 2.30 bits per heavy atom. The van der Waals surface area contributed by atoms with Gasteiger partial charge in [-0.3, -0.25) is 4.90 Å². The van der Waals surface area contributed by atoms with E-state index in [2.05, 4.69) is 22.8 Å². The van der Waals surface area contributed by atoms with E-state index in [-0.39, 0.29) is 0 Å². The highest BCUT2D eigenvalue weighted by molar-refractivity contribution is 5.89. The number of likely N-dealkylation sites (N-methyl/N-ethyl adjacent to an activating group) is 1. The number of hydrogen-bond donors (Lipinski definition) is 0. The molecule has 0 spiro atoms. The minimum absolute atomic E-state index is 0.654. The smallest absolute Gasteiger partial charge is 0.119 e. The van der Waals surface area contributed by atoms with Crippen LogP contribution >= 0.6 is 0 Å². The van der Waals surface area contributed by atoms with Crippen LogP contribution in [0.2, 0.25) is 0 Å². The summed E-state index contributed by atoms with van der Waals surface area (Å²) in [5.74, 6) is 0.850. The Morgan fingerprint density at radius 2 is 1.67 bits per heavy atom. The molecule has 0 unspecified atom stereocenters. The summed E-state index contributed by atoms with van der Waals surface area (Å²) in [6, 6.07) is 20.0. The first-order chi connectivity index (χ1) is 13.3. The van der Waals surface area contributed by atoms with E-state index < -0.39 is 0 Å². The lowest BCUT2D eigenvalue weighted by molar-refractivity contribution is 0.121. The summed E-state index contributed by atoms with van der Waals surface area (Å²) in [6.07, 6.45) is 1.91. The molecule has 1 aliphatic heterocycles. The highest BCUT2D eigenvalue weighted by atomic mass is 16.5. The summed E-state index contributed by atoms with van der Waals surface area (Å²) in [7, 11) is 0. The minimum atomic E-state index is 0.654. The molecule has 0 aromatic heterocycles. The van der Waals surface area contributed by atoms with Crippen molar-refractivity contribution in [2.24, 2.45) is 0 Å². The molecular formula is C23H27N3O. The largest absolute Gasteiger partial charge is 0.492 e. The summed E-state index contributed by atoms with van der Waals surface area (Å²) >= 11 is 0. The average molecular weight is 361 g/mol. The van der Waals surface area contributed by atoms with Gasteiger partial charge in [-0.2, -0.15) is 5.26 Å². The number of benzene rings is 2. The van der Waals surface area contributed by atoms with Crippen LogP contribution in [-0.4, -0.2) is 55.7 Å². The van der Waals surface area contributed by atoms with Crippen molar-refractivity contribution in [1.82, 2.24) is 9.80 Å². The number of nitrogens with zero attached hydrogens (tertiary/aromatic N) is 3. The fourth-order valence-corrected chi connectivity index (χ4v) is 3.25. The molecule has 4 heteroatoms. The van der Waals surface area contributed by atoms with Crippen molar-refractivity contribution in [1.29, 1.82) is 5.26 Å². The average Bonchev–Trinajstić information content (AvgIpc) is 2.74. The lowest BCUT2D eigenvalue weighted by atomic mass is 10.0. The molecule has 1 fully saturated rings. The first-order valence-corrected chi connectivity index (χ1v) is 9.63. The van der Waals surface area contributed by atoms with Gasteiger partial charge < -0.3 is 9.64 Å². The molecule has 140 valence electrons. The molecule has 4 nitrogen and oxygen atoms in total. The van der Waals surface area contributed by atoms with E-state index in [4.69, 9.17) is 4.74 Å². The van der Waals surface area contributed by atoms with Crippen molar-refractivity contribution in [2.45, 2.75) is 6.92 Å². The molecule has 0 radical (unpaired) electrons. The van der Waals surface area contributed by atoms with Crippen LogP contribution in [0.4, 0.5) is 0 Å². The molecule has 0 atom stereocenters. The van der Waals surface area contributed by atoms with Gasteiger partial charge in [-0.25, -0.2) is 0 Å². The Hall–Kier alpha value is -2.61. The van der Waals surface area contributed by atoms with Gasteiger partial charge in [0.2, 0.25) is 0 Å². The zero-order chi connectivity index (χ0) is 18.9. The fourth-order valence-electron chi connectivity index (χ4n) is 3.25. The maximum Gasteiger partial charge on any atom is 0.119 e. The molecular weight excluding hydrogens is 334 g/mol. The van der Waals surface area contributed by atoms with Crippen LogP contribution < -0.4 is 4.74 Å². The standard InChI is InChI=1S/C23H27N3O/c1-2-25-12-14-26(15-13-25)16-17-27-23-10-8-21(9-11-23)22(19-24)18-20-6-4-3-5-7-20/h3-11,18H,2,12-17H2,1H3/b22-18+. The topological polar surface area (TPSA) is 39.5 Å². The molecule has 0 aliphatic carbocycles. The second kappa shape index (κ2) is 9.91. The van der Waals surface area contributed by atoms with Crippen molar-refractivity contribution >= 4 is 11.6 Å². The third kappa shape index (κ3) is 5.68. The van der Waals surface area contributed by atoms with E-state index in [1.165, 1.54) is 0 Å². The summed E-state index contributed by atoms with van der Waals surface area (Å²) < 4.78 is 5.89. The van der Waals surface area contributed by atoms with Gasteiger partial charge in [-0.15, -0.1) is 0 Å². The molecule has 0 amide bonds. The molecule has 3 rings (SSSR count). The molecule has 27 heavy (non-hydrogen) atoms. The van der Waals surface area contributed by atoms with Crippen molar-refractivity contribution in [3.8, 4) is 11.8 Å². The van der Waals surface area contributed by atoms with Gasteiger partial charge in [0.1, 0.15) is 12.4 Å². The zero-order valence-corrected chi connectivity index (χ0v) is 16.0. The van der Waals surface area contributed by atoms with Crippen molar-refractivity contribution in [2.75, 3.05) is 45.9 Å². The summed E-state index contributed by atoms with van der Waals surface area (Å²) in [5, 5.41) is 9.47. The van der Waals surface area contributed by atoms with Crippen LogP contribution in [0.25, 0.3) is 11.6 Å². The van der Waals surface area contributed by atoms with Crippen molar-refractivity contribution in [3.63, 3.8) is 0 Å². The molecule has 1 heterocycles. The van der Waals surface area contributed by atoms with Gasteiger partial charge >= 0.3 is 0 Å². The van der Waals surface area contributed by atoms with Crippen molar-refractivity contribution in [3.05, 3.63) is 65.7 Å². The lowest BCUT2D eigenvalue weighted by Gasteiger charge is -2.33. The number of nitriles is 1. The molecule has 2 aromatic carbocycles. The van der Waals surface area contributed by atoms with Gasteiger partial charge in [0.25, 0.3) is 0 Å². The second-order valence-electron chi connectivity index (χ2n) is 6.73. The maximum atomic E-state index is 9.47. The predicted molar refractivity (Wildman–Crippen MR) is 110 cm³/mol. The van der Waals surface area contributed by atoms with Gasteiger partial charge in [0.05, 0.1) is 11.6 Å². The van der Waals surface area contributed by atoms with Crippen LogP contribution in [0.15, 0.2) is 54.6 Å². The van der Waals surface area contributed by atoms with E-state index in [0.29, 0.717) is 12.2 Å². The highest BCUT2D eigenvalue weighted by Gasteiger charge is 2.14. The highest BCUT2D eigenvalue weighted by Crippen LogP contribution is 2.21. The van der Waals surface area contributed by atoms with E-state index in [9.17, 15) is 5.26 Å². The number of rotatable bonds is 7. The van der Waals surface area contributed by atoms with Gasteiger partial charge in [0, 0.05) is 32.7 Å². The Kier molecular flexibility index (Phi) is 7.04. The fraction of sp³-hybridized carbons (Fsp3) is 0.348. The normalized spacial score (nSPS) is 16.1. The summed E-state index contributed by atoms with van der Waals surface area (Å²) in [5.41, 5.74) is 2.59. The Bertz CT molecular complexity index is 770. The maximum absolute atomic E-state index is 9.47. The number of allylic oxidation sites excluding steroid dienone is 1. The first kappa shape index (κ1) is 19.2. The minimum Gasteiger partial charge on any atom is -0.492 e. The molecule has 1 saturated heterocycles. The summed E-state index contributed by atoms with van der Waals surface area (Å²) in [4.78, 5) is 4.93. The zero-order valence-electron chi connectivity index (χ0n) is 16.0. The number of piperazine rings is 1. The SMILES string of the molecule is CCN1CCN(CCOc2ccc(/C(C#N)=C/c3ccccc3)cc2)CC1. The molecule has 0 N–H and O–H groups in total. The summed E-state index contributed by atoms with van der Waals surface area (Å²) in [6.45, 7) is 9.53. The van der Waals surface area contributed by atoms with Crippen molar-refractivity contribution < 1.29 is 4.74 Å². The third-order valence-electron chi connectivity index (χ3n) is 4.98. The van der Waals surface area contributed by atoms with Crippen LogP contribution in [0.3, 0.4) is 0 Å². The van der Waals surface area contributed by atoms with E-state index >= 15 is 0 Å². The van der Waals surface area contributed by atoms with E-state index in [1.54, 1.807) is 0 Å². The lowest BCUT2D eigenvalue weighted by Crippen LogP contribution is -2.47. The van der Waals surface area contributed by atoms with Gasteiger partial charge in [-0.05, 0) is 48.0 Å². The Labute approximate surface area is 162 Å². The van der Waals surface area contributed by atoms with E-state index in [1.807, 2.05) is 60.7 Å². The molecule has 0 bridgehead atoms. The second-order valence-corrected chi connectivity index (χ2v) is 6.73. The van der Waals surface area contributed by atoms with Crippen LogP contribution in [0.5, 0.6) is 5.75 Å². The van der Waals surface area contributed by atoms with Gasteiger partial charge in [0.15, 0.2) is 0 Å². The Balaban J connectivity index is 1.51. The quantitative estimate of drug-likeness (QED) is 0.556. The number of ether oxygens (including phenoxy) is 1. The molecule has 1 aliphatic rings. The molecule has 2 aromatic rings. The Morgan fingerprint density at radius 1 is 1.00 bits per heavy atom. The van der Waals surface area contributed by atoms with Gasteiger partial charge in [-0.1, -0.05) is 37.3 Å².